The van der Waals surface area contributed by atoms with Crippen molar-refractivity contribution in [3.05, 3.63) is 24.3 Å². The maximum Gasteiger partial charge on any atom is 0.404 e. The van der Waals surface area contributed by atoms with Crippen molar-refractivity contribution in [3.8, 4) is 11.5 Å². The summed E-state index contributed by atoms with van der Waals surface area (Å²) < 4.78 is 49.1. The SMILES string of the molecule is COc1ccccc1OC[C@@H](COC(N)=O)OS(=O)(=O)O. The number of primary amides is 1. The number of rotatable bonds is 8. The zero-order valence-electron chi connectivity index (χ0n) is 11.1. The van der Waals surface area contributed by atoms with Crippen molar-refractivity contribution in [1.82, 2.24) is 0 Å². The molecule has 1 aromatic rings. The third-order valence-corrected chi connectivity index (χ3v) is 2.68. The smallest absolute Gasteiger partial charge is 0.404 e. The number of amides is 1. The fourth-order valence-electron chi connectivity index (χ4n) is 1.37. The molecule has 21 heavy (non-hydrogen) atoms. The van der Waals surface area contributed by atoms with Crippen molar-refractivity contribution >= 4 is 16.5 Å². The lowest BCUT2D eigenvalue weighted by Gasteiger charge is -2.17. The van der Waals surface area contributed by atoms with E-state index in [0.29, 0.717) is 11.5 Å². The zero-order valence-corrected chi connectivity index (χ0v) is 11.9. The zero-order chi connectivity index (χ0) is 15.9. The van der Waals surface area contributed by atoms with Crippen molar-refractivity contribution in [1.29, 1.82) is 0 Å². The molecule has 0 aliphatic heterocycles. The molecule has 0 unspecified atom stereocenters. The number of methoxy groups -OCH3 is 1. The van der Waals surface area contributed by atoms with Crippen LogP contribution >= 0.6 is 0 Å². The number of ether oxygens (including phenoxy) is 3. The lowest BCUT2D eigenvalue weighted by molar-refractivity contribution is 0.0528. The molecule has 9 nitrogen and oxygen atoms in total. The maximum atomic E-state index is 10.7. The van der Waals surface area contributed by atoms with Crippen LogP contribution in [0, 0.1) is 0 Å². The van der Waals surface area contributed by atoms with E-state index in [1.54, 1.807) is 24.3 Å². The van der Waals surface area contributed by atoms with Gasteiger partial charge in [0.2, 0.25) is 0 Å². The maximum absolute atomic E-state index is 10.7. The van der Waals surface area contributed by atoms with E-state index in [1.807, 2.05) is 0 Å². The number of hydrogen-bond donors (Lipinski definition) is 2. The first-order valence-electron chi connectivity index (χ1n) is 5.65. The molecule has 3 N–H and O–H groups in total. The standard InChI is InChI=1S/C11H15NO8S/c1-17-9-4-2-3-5-10(9)18-6-8(7-19-11(12)13)20-21(14,15)16/h2-5,8H,6-7H2,1H3,(H2,12,13)(H,14,15,16)/t8-/m0/s1. The lowest BCUT2D eigenvalue weighted by Crippen LogP contribution is -2.32. The van der Waals surface area contributed by atoms with Crippen molar-refractivity contribution in [2.45, 2.75) is 6.10 Å². The molecule has 0 aliphatic carbocycles. The highest BCUT2D eigenvalue weighted by Crippen LogP contribution is 2.26. The molecule has 0 bridgehead atoms. The molecule has 118 valence electrons. The Morgan fingerprint density at radius 3 is 2.43 bits per heavy atom. The summed E-state index contributed by atoms with van der Waals surface area (Å²) in [5.41, 5.74) is 4.77. The number of nitrogens with two attached hydrogens (primary N) is 1. The molecule has 1 rings (SSSR count). The summed E-state index contributed by atoms with van der Waals surface area (Å²) in [6, 6.07) is 6.61. The topological polar surface area (TPSA) is 134 Å². The predicted molar refractivity (Wildman–Crippen MR) is 70.4 cm³/mol. The fourth-order valence-corrected chi connectivity index (χ4v) is 1.83. The van der Waals surface area contributed by atoms with Gasteiger partial charge in [0.15, 0.2) is 11.5 Å². The normalized spacial score (nSPS) is 12.5. The van der Waals surface area contributed by atoms with E-state index >= 15 is 0 Å². The molecule has 0 saturated heterocycles. The van der Waals surface area contributed by atoms with Gasteiger partial charge in [0, 0.05) is 0 Å². The van der Waals surface area contributed by atoms with Gasteiger partial charge in [-0.3, -0.25) is 4.55 Å². The third kappa shape index (κ3) is 6.79. The van der Waals surface area contributed by atoms with Crippen LogP contribution in [-0.4, -0.2) is 45.5 Å². The van der Waals surface area contributed by atoms with Crippen LogP contribution in [0.3, 0.4) is 0 Å². The molecule has 0 radical (unpaired) electrons. The summed E-state index contributed by atoms with van der Waals surface area (Å²) in [5.74, 6) is 0.738. The minimum absolute atomic E-state index is 0.322. The Morgan fingerprint density at radius 2 is 1.90 bits per heavy atom. The molecule has 0 aliphatic rings. The van der Waals surface area contributed by atoms with Gasteiger partial charge in [0.25, 0.3) is 0 Å². The van der Waals surface area contributed by atoms with Crippen LogP contribution in [0.2, 0.25) is 0 Å². The average Bonchev–Trinajstić information content (AvgIpc) is 2.40. The van der Waals surface area contributed by atoms with Gasteiger partial charge in [-0.05, 0) is 12.1 Å². The summed E-state index contributed by atoms with van der Waals surface area (Å²) in [7, 11) is -3.30. The Hall–Kier alpha value is -2.04. The van der Waals surface area contributed by atoms with Crippen LogP contribution in [0.25, 0.3) is 0 Å². The van der Waals surface area contributed by atoms with E-state index in [0.717, 1.165) is 0 Å². The highest BCUT2D eigenvalue weighted by molar-refractivity contribution is 7.80. The first-order chi connectivity index (χ1) is 9.81. The summed E-state index contributed by atoms with van der Waals surface area (Å²) in [6.07, 6.45) is -2.38. The number of hydrogen-bond acceptors (Lipinski definition) is 7. The summed E-state index contributed by atoms with van der Waals surface area (Å²) in [6.45, 7) is -0.836. The minimum atomic E-state index is -4.73. The summed E-state index contributed by atoms with van der Waals surface area (Å²) in [5, 5.41) is 0. The predicted octanol–water partition coefficient (Wildman–Crippen LogP) is 0.357. The first kappa shape index (κ1) is 17.0. The second-order valence-electron chi connectivity index (χ2n) is 3.74. The Bertz CT molecular complexity index is 573. The number of benzene rings is 1. The molecule has 1 atom stereocenters. The second-order valence-corrected chi connectivity index (χ2v) is 4.79. The molecule has 1 amide bonds. The Labute approximate surface area is 121 Å². The lowest BCUT2D eigenvalue weighted by atomic mass is 10.3. The Kier molecular flexibility index (Phi) is 6.21. The van der Waals surface area contributed by atoms with Gasteiger partial charge in [-0.25, -0.2) is 8.98 Å². The Morgan fingerprint density at radius 1 is 1.29 bits per heavy atom. The van der Waals surface area contributed by atoms with Crippen molar-refractivity contribution < 1.29 is 36.2 Å². The largest absolute Gasteiger partial charge is 0.493 e. The first-order valence-corrected chi connectivity index (χ1v) is 7.02. The van der Waals surface area contributed by atoms with Gasteiger partial charge in [-0.15, -0.1) is 0 Å². The van der Waals surface area contributed by atoms with E-state index in [4.69, 9.17) is 19.8 Å². The van der Waals surface area contributed by atoms with Crippen LogP contribution < -0.4 is 15.2 Å². The highest BCUT2D eigenvalue weighted by Gasteiger charge is 2.20. The number of para-hydroxylation sites is 2. The van der Waals surface area contributed by atoms with Crippen LogP contribution in [0.4, 0.5) is 4.79 Å². The molecular weight excluding hydrogens is 306 g/mol. The van der Waals surface area contributed by atoms with Gasteiger partial charge in [0.1, 0.15) is 19.3 Å². The minimum Gasteiger partial charge on any atom is -0.493 e. The molecule has 0 heterocycles. The van der Waals surface area contributed by atoms with Crippen LogP contribution in [0.1, 0.15) is 0 Å². The number of carbonyl (C=O) groups is 1. The fraction of sp³-hybridized carbons (Fsp3) is 0.364. The average molecular weight is 321 g/mol. The van der Waals surface area contributed by atoms with Gasteiger partial charge in [0.05, 0.1) is 7.11 Å². The van der Waals surface area contributed by atoms with E-state index in [9.17, 15) is 13.2 Å². The van der Waals surface area contributed by atoms with Gasteiger partial charge in [-0.1, -0.05) is 12.1 Å². The summed E-state index contributed by atoms with van der Waals surface area (Å²) in [4.78, 5) is 10.5. The van der Waals surface area contributed by atoms with Gasteiger partial charge >= 0.3 is 16.5 Å². The van der Waals surface area contributed by atoms with Crippen LogP contribution in [-0.2, 0) is 19.3 Å². The van der Waals surface area contributed by atoms with E-state index in [1.165, 1.54) is 7.11 Å². The van der Waals surface area contributed by atoms with Crippen LogP contribution in [0.15, 0.2) is 24.3 Å². The third-order valence-electron chi connectivity index (χ3n) is 2.16. The summed E-state index contributed by atoms with van der Waals surface area (Å²) >= 11 is 0. The monoisotopic (exact) mass is 321 g/mol. The van der Waals surface area contributed by atoms with Crippen LogP contribution in [0.5, 0.6) is 11.5 Å². The Balaban J connectivity index is 2.69. The van der Waals surface area contributed by atoms with Crippen molar-refractivity contribution in [2.24, 2.45) is 5.73 Å². The molecular formula is C11H15NO8S. The van der Waals surface area contributed by atoms with Crippen molar-refractivity contribution in [2.75, 3.05) is 20.3 Å². The molecule has 0 aromatic heterocycles. The molecule has 0 spiro atoms. The second kappa shape index (κ2) is 7.67. The van der Waals surface area contributed by atoms with E-state index in [2.05, 4.69) is 8.92 Å². The quantitative estimate of drug-likeness (QED) is 0.655. The van der Waals surface area contributed by atoms with E-state index < -0.39 is 29.2 Å². The molecule has 0 saturated carbocycles. The van der Waals surface area contributed by atoms with Crippen molar-refractivity contribution in [3.63, 3.8) is 0 Å². The molecule has 0 fully saturated rings. The van der Waals surface area contributed by atoms with E-state index in [-0.39, 0.29) is 6.61 Å². The molecule has 10 heteroatoms. The van der Waals surface area contributed by atoms with Gasteiger partial charge < -0.3 is 19.9 Å². The molecule has 1 aromatic carbocycles. The number of carbonyl (C=O) groups excluding carboxylic acids is 1. The van der Waals surface area contributed by atoms with Gasteiger partial charge in [-0.2, -0.15) is 8.42 Å². The highest BCUT2D eigenvalue weighted by atomic mass is 32.3.